The number of benzene rings is 1. The number of methoxy groups -OCH3 is 1. The van der Waals surface area contributed by atoms with Crippen LogP contribution in [-0.4, -0.2) is 51.0 Å². The van der Waals surface area contributed by atoms with Gasteiger partial charge in [-0.15, -0.1) is 0 Å². The number of amides is 1. The van der Waals surface area contributed by atoms with Crippen LogP contribution in [0.2, 0.25) is 18.1 Å². The number of ether oxygens (including phenoxy) is 1. The van der Waals surface area contributed by atoms with Gasteiger partial charge in [-0.05, 0) is 48.5 Å². The SMILES string of the molecule is CCC1(C)CN(C(C)=O)C(C(C)O[Si](C)(C)C(C)(C)C)C2Nc3cc(OC)ccc3C21. The van der Waals surface area contributed by atoms with Crippen molar-refractivity contribution in [3.8, 4) is 5.75 Å². The molecule has 1 N–H and O–H groups in total. The predicted octanol–water partition coefficient (Wildman–Crippen LogP) is 5.63. The number of hydrogen-bond acceptors (Lipinski definition) is 4. The van der Waals surface area contributed by atoms with Gasteiger partial charge in [0.15, 0.2) is 8.32 Å². The maximum absolute atomic E-state index is 12.9. The topological polar surface area (TPSA) is 50.8 Å². The lowest BCUT2D eigenvalue weighted by Gasteiger charge is -2.54. The van der Waals surface area contributed by atoms with Crippen LogP contribution in [0.15, 0.2) is 18.2 Å². The molecule has 1 aromatic rings. The molecule has 0 bridgehead atoms. The molecule has 6 heteroatoms. The van der Waals surface area contributed by atoms with Crippen molar-refractivity contribution in [2.24, 2.45) is 5.41 Å². The van der Waals surface area contributed by atoms with Crippen LogP contribution in [0.3, 0.4) is 0 Å². The van der Waals surface area contributed by atoms with Crippen LogP contribution in [0.4, 0.5) is 5.69 Å². The molecular formula is C25H42N2O3Si. The minimum atomic E-state index is -1.98. The highest BCUT2D eigenvalue weighted by molar-refractivity contribution is 6.74. The first-order valence-electron chi connectivity index (χ1n) is 11.6. The second kappa shape index (κ2) is 8.11. The number of fused-ring (bicyclic) bond motifs is 3. The van der Waals surface area contributed by atoms with Gasteiger partial charge in [-0.1, -0.05) is 40.7 Å². The summed E-state index contributed by atoms with van der Waals surface area (Å²) in [6, 6.07) is 6.46. The Morgan fingerprint density at radius 3 is 2.52 bits per heavy atom. The van der Waals surface area contributed by atoms with Gasteiger partial charge in [0.05, 0.1) is 25.3 Å². The quantitative estimate of drug-likeness (QED) is 0.596. The monoisotopic (exact) mass is 446 g/mol. The highest BCUT2D eigenvalue weighted by Gasteiger charge is 2.56. The highest BCUT2D eigenvalue weighted by Crippen LogP contribution is 2.54. The third kappa shape index (κ3) is 4.13. The van der Waals surface area contributed by atoms with Crippen molar-refractivity contribution in [1.82, 2.24) is 4.90 Å². The fourth-order valence-corrected chi connectivity index (χ4v) is 6.73. The molecule has 0 aliphatic carbocycles. The van der Waals surface area contributed by atoms with E-state index in [0.29, 0.717) is 5.92 Å². The maximum atomic E-state index is 12.9. The van der Waals surface area contributed by atoms with Crippen molar-refractivity contribution in [2.45, 2.75) is 97.1 Å². The van der Waals surface area contributed by atoms with E-state index in [4.69, 9.17) is 9.16 Å². The molecule has 5 atom stereocenters. The minimum Gasteiger partial charge on any atom is -0.497 e. The van der Waals surface area contributed by atoms with Gasteiger partial charge < -0.3 is 19.4 Å². The van der Waals surface area contributed by atoms with Gasteiger partial charge in [-0.2, -0.15) is 0 Å². The molecule has 2 heterocycles. The lowest BCUT2D eigenvalue weighted by Crippen LogP contribution is -2.65. The molecule has 0 aromatic heterocycles. The van der Waals surface area contributed by atoms with Crippen LogP contribution in [-0.2, 0) is 9.22 Å². The highest BCUT2D eigenvalue weighted by atomic mass is 28.4. The first-order chi connectivity index (χ1) is 14.3. The van der Waals surface area contributed by atoms with Crippen LogP contribution >= 0.6 is 0 Å². The molecule has 2 aliphatic heterocycles. The number of piperidine rings is 1. The average molecular weight is 447 g/mol. The summed E-state index contributed by atoms with van der Waals surface area (Å²) in [5, 5.41) is 3.92. The van der Waals surface area contributed by atoms with Crippen LogP contribution in [0.25, 0.3) is 0 Å². The zero-order valence-electron chi connectivity index (χ0n) is 21.1. The zero-order chi connectivity index (χ0) is 23.4. The number of carbonyl (C=O) groups is 1. The second-order valence-electron chi connectivity index (χ2n) is 11.3. The molecule has 3 rings (SSSR count). The molecule has 0 spiro atoms. The van der Waals surface area contributed by atoms with Gasteiger partial charge in [-0.3, -0.25) is 4.79 Å². The van der Waals surface area contributed by atoms with Crippen LogP contribution < -0.4 is 10.1 Å². The molecular weight excluding hydrogens is 404 g/mol. The fraction of sp³-hybridized carbons (Fsp3) is 0.720. The summed E-state index contributed by atoms with van der Waals surface area (Å²) in [6.07, 6.45) is 0.956. The lowest BCUT2D eigenvalue weighted by atomic mass is 9.64. The number of nitrogens with zero attached hydrogens (tertiary/aromatic N) is 1. The van der Waals surface area contributed by atoms with Gasteiger partial charge in [0, 0.05) is 31.1 Å². The van der Waals surface area contributed by atoms with Crippen molar-refractivity contribution in [1.29, 1.82) is 0 Å². The molecule has 2 aliphatic rings. The second-order valence-corrected chi connectivity index (χ2v) is 16.1. The number of likely N-dealkylation sites (tertiary alicyclic amines) is 1. The Kier molecular flexibility index (Phi) is 6.31. The van der Waals surface area contributed by atoms with Crippen LogP contribution in [0.1, 0.15) is 66.4 Å². The molecule has 174 valence electrons. The average Bonchev–Trinajstić information content (AvgIpc) is 3.05. The Labute approximate surface area is 190 Å². The normalized spacial score (nSPS) is 29.1. The number of nitrogens with one attached hydrogen (secondary N) is 1. The van der Waals surface area contributed by atoms with Crippen molar-refractivity contribution < 1.29 is 14.0 Å². The van der Waals surface area contributed by atoms with Gasteiger partial charge in [-0.25, -0.2) is 0 Å². The van der Waals surface area contributed by atoms with E-state index < -0.39 is 8.32 Å². The van der Waals surface area contributed by atoms with Crippen molar-refractivity contribution in [3.05, 3.63) is 23.8 Å². The maximum Gasteiger partial charge on any atom is 0.219 e. The first kappa shape index (κ1) is 24.1. The molecule has 5 unspecified atom stereocenters. The standard InChI is InChI=1S/C25H42N2O3Si/c1-11-25(7)15-27(17(3)28)23(16(2)30-31(9,10)24(4,5)6)22-21(25)19-13-12-18(29-8)14-20(19)26-22/h12-14,16,21-23,26H,11,15H2,1-10H3. The van der Waals surface area contributed by atoms with Gasteiger partial charge >= 0.3 is 0 Å². The Morgan fingerprint density at radius 1 is 1.35 bits per heavy atom. The number of rotatable bonds is 5. The summed E-state index contributed by atoms with van der Waals surface area (Å²) in [6.45, 7) is 20.6. The van der Waals surface area contributed by atoms with Crippen molar-refractivity contribution in [2.75, 3.05) is 19.0 Å². The molecule has 31 heavy (non-hydrogen) atoms. The van der Waals surface area contributed by atoms with E-state index in [2.05, 4.69) is 83.1 Å². The predicted molar refractivity (Wildman–Crippen MR) is 130 cm³/mol. The minimum absolute atomic E-state index is 0.00360. The van der Waals surface area contributed by atoms with Gasteiger partial charge in [0.25, 0.3) is 0 Å². The fourth-order valence-electron chi connectivity index (χ4n) is 5.30. The van der Waals surface area contributed by atoms with Crippen molar-refractivity contribution in [3.63, 3.8) is 0 Å². The number of anilines is 1. The summed E-state index contributed by atoms with van der Waals surface area (Å²) in [5.74, 6) is 1.31. The zero-order valence-corrected chi connectivity index (χ0v) is 22.1. The Bertz CT molecular complexity index is 835. The summed E-state index contributed by atoms with van der Waals surface area (Å²) in [5.41, 5.74) is 2.46. The van der Waals surface area contributed by atoms with E-state index in [1.54, 1.807) is 14.0 Å². The van der Waals surface area contributed by atoms with E-state index in [0.717, 1.165) is 24.4 Å². The molecule has 0 saturated carbocycles. The summed E-state index contributed by atoms with van der Waals surface area (Å²) in [4.78, 5) is 15.0. The summed E-state index contributed by atoms with van der Waals surface area (Å²) < 4.78 is 12.3. The molecule has 0 radical (unpaired) electrons. The third-order valence-corrected chi connectivity index (χ3v) is 12.8. The molecule has 1 saturated heterocycles. The Morgan fingerprint density at radius 2 is 2.00 bits per heavy atom. The molecule has 1 aromatic carbocycles. The van der Waals surface area contributed by atoms with E-state index >= 15 is 0 Å². The molecule has 5 nitrogen and oxygen atoms in total. The number of hydrogen-bond donors (Lipinski definition) is 1. The molecule has 1 fully saturated rings. The number of carbonyl (C=O) groups excluding carboxylic acids is 1. The summed E-state index contributed by atoms with van der Waals surface area (Å²) in [7, 11) is -0.281. The summed E-state index contributed by atoms with van der Waals surface area (Å²) >= 11 is 0. The van der Waals surface area contributed by atoms with Gasteiger partial charge in [0.2, 0.25) is 5.91 Å². The smallest absolute Gasteiger partial charge is 0.219 e. The van der Waals surface area contributed by atoms with Crippen LogP contribution in [0.5, 0.6) is 5.75 Å². The van der Waals surface area contributed by atoms with E-state index in [1.807, 2.05) is 0 Å². The van der Waals surface area contributed by atoms with Gasteiger partial charge in [0.1, 0.15) is 5.75 Å². The third-order valence-electron chi connectivity index (χ3n) is 8.27. The van der Waals surface area contributed by atoms with E-state index in [1.165, 1.54) is 5.56 Å². The molecule has 1 amide bonds. The first-order valence-corrected chi connectivity index (χ1v) is 14.6. The lowest BCUT2D eigenvalue weighted by molar-refractivity contribution is -0.140. The van der Waals surface area contributed by atoms with E-state index in [9.17, 15) is 4.79 Å². The van der Waals surface area contributed by atoms with Crippen LogP contribution in [0, 0.1) is 5.41 Å². The largest absolute Gasteiger partial charge is 0.497 e. The Hall–Kier alpha value is -1.53. The van der Waals surface area contributed by atoms with Crippen molar-refractivity contribution >= 4 is 19.9 Å². The Balaban J connectivity index is 2.05. The van der Waals surface area contributed by atoms with E-state index in [-0.39, 0.29) is 34.5 Å².